The predicted molar refractivity (Wildman–Crippen MR) is 71.3 cm³/mol. The zero-order chi connectivity index (χ0) is 13.0. The number of likely N-dealkylation sites (N-methyl/N-ethyl adjacent to an activating group) is 1. The topological polar surface area (TPSA) is 45.2 Å². The molecule has 4 heteroatoms. The van der Waals surface area contributed by atoms with Crippen molar-refractivity contribution in [3.63, 3.8) is 0 Å². The number of hydrogen-bond acceptors (Lipinski definition) is 3. The zero-order valence-electron chi connectivity index (χ0n) is 11.1. The first-order valence-corrected chi connectivity index (χ1v) is 6.59. The third kappa shape index (κ3) is 2.70. The summed E-state index contributed by atoms with van der Waals surface area (Å²) in [6, 6.07) is 4.20. The first-order chi connectivity index (χ1) is 8.74. The van der Waals surface area contributed by atoms with E-state index in [1.54, 1.807) is 12.4 Å². The molecule has 1 saturated heterocycles. The fourth-order valence-electron chi connectivity index (χ4n) is 2.60. The van der Waals surface area contributed by atoms with E-state index < -0.39 is 0 Å². The quantitative estimate of drug-likeness (QED) is 0.874. The highest BCUT2D eigenvalue weighted by Crippen LogP contribution is 2.23. The molecule has 1 amide bonds. The van der Waals surface area contributed by atoms with Gasteiger partial charge >= 0.3 is 0 Å². The van der Waals surface area contributed by atoms with Gasteiger partial charge in [0.25, 0.3) is 0 Å². The van der Waals surface area contributed by atoms with Crippen LogP contribution in [0.15, 0.2) is 24.5 Å². The molecule has 0 aromatic carbocycles. The van der Waals surface area contributed by atoms with Crippen LogP contribution < -0.4 is 5.32 Å². The Kier molecular flexibility index (Phi) is 4.31. The van der Waals surface area contributed by atoms with Gasteiger partial charge in [-0.25, -0.2) is 0 Å². The summed E-state index contributed by atoms with van der Waals surface area (Å²) < 4.78 is 0. The van der Waals surface area contributed by atoms with Crippen LogP contribution in [0.3, 0.4) is 0 Å². The molecule has 0 saturated carbocycles. The Morgan fingerprint density at radius 2 is 2.50 bits per heavy atom. The van der Waals surface area contributed by atoms with Crippen molar-refractivity contribution < 1.29 is 4.79 Å². The molecular formula is C14H21N3O. The Balaban J connectivity index is 2.06. The average molecular weight is 247 g/mol. The van der Waals surface area contributed by atoms with Crippen LogP contribution in [0.1, 0.15) is 31.2 Å². The van der Waals surface area contributed by atoms with Crippen molar-refractivity contribution in [1.82, 2.24) is 15.2 Å². The fourth-order valence-corrected chi connectivity index (χ4v) is 2.60. The molecular weight excluding hydrogens is 226 g/mol. The van der Waals surface area contributed by atoms with Crippen molar-refractivity contribution in [3.05, 3.63) is 30.1 Å². The van der Waals surface area contributed by atoms with Crippen molar-refractivity contribution in [2.45, 2.75) is 31.7 Å². The monoisotopic (exact) mass is 247 g/mol. The summed E-state index contributed by atoms with van der Waals surface area (Å²) in [5.41, 5.74) is 0.998. The van der Waals surface area contributed by atoms with Gasteiger partial charge in [0.05, 0.1) is 5.92 Å². The maximum atomic E-state index is 12.5. The molecule has 1 aliphatic heterocycles. The van der Waals surface area contributed by atoms with Crippen molar-refractivity contribution in [1.29, 1.82) is 0 Å². The second kappa shape index (κ2) is 5.96. The Hall–Kier alpha value is -1.42. The number of nitrogens with zero attached hydrogens (tertiary/aromatic N) is 2. The molecule has 1 N–H and O–H groups in total. The van der Waals surface area contributed by atoms with Crippen LogP contribution >= 0.6 is 0 Å². The smallest absolute Gasteiger partial charge is 0.230 e. The van der Waals surface area contributed by atoms with Crippen LogP contribution in [0.5, 0.6) is 0 Å². The molecule has 98 valence electrons. The van der Waals surface area contributed by atoms with Gasteiger partial charge in [-0.2, -0.15) is 0 Å². The molecule has 1 fully saturated rings. The molecule has 0 bridgehead atoms. The summed E-state index contributed by atoms with van der Waals surface area (Å²) >= 11 is 0. The molecule has 1 aromatic rings. The molecule has 0 aliphatic carbocycles. The molecule has 18 heavy (non-hydrogen) atoms. The van der Waals surface area contributed by atoms with Crippen molar-refractivity contribution in [3.8, 4) is 0 Å². The van der Waals surface area contributed by atoms with Gasteiger partial charge in [0, 0.05) is 31.5 Å². The number of likely N-dealkylation sites (tertiary alicyclic amines) is 1. The highest BCUT2D eigenvalue weighted by Gasteiger charge is 2.31. The summed E-state index contributed by atoms with van der Waals surface area (Å²) in [6.45, 7) is 3.73. The number of amides is 1. The lowest BCUT2D eigenvalue weighted by molar-refractivity contribution is -0.133. The van der Waals surface area contributed by atoms with E-state index in [0.717, 1.165) is 31.5 Å². The number of rotatable bonds is 4. The minimum absolute atomic E-state index is 0.101. The van der Waals surface area contributed by atoms with E-state index >= 15 is 0 Å². The van der Waals surface area contributed by atoms with Gasteiger partial charge in [0.2, 0.25) is 5.91 Å². The largest absolute Gasteiger partial charge is 0.338 e. The van der Waals surface area contributed by atoms with Gasteiger partial charge in [-0.05, 0) is 38.4 Å². The Morgan fingerprint density at radius 1 is 1.67 bits per heavy atom. The van der Waals surface area contributed by atoms with Crippen LogP contribution in [0, 0.1) is 0 Å². The minimum Gasteiger partial charge on any atom is -0.338 e. The molecule has 2 heterocycles. The summed E-state index contributed by atoms with van der Waals surface area (Å²) in [7, 11) is 1.94. The third-order valence-electron chi connectivity index (χ3n) is 3.65. The second-order valence-electron chi connectivity index (χ2n) is 4.89. The maximum absolute atomic E-state index is 12.5. The van der Waals surface area contributed by atoms with Gasteiger partial charge in [-0.15, -0.1) is 0 Å². The van der Waals surface area contributed by atoms with Gasteiger partial charge in [-0.3, -0.25) is 9.78 Å². The highest BCUT2D eigenvalue weighted by molar-refractivity contribution is 5.83. The lowest BCUT2D eigenvalue weighted by atomic mass is 10.0. The van der Waals surface area contributed by atoms with Crippen molar-refractivity contribution in [2.75, 3.05) is 20.1 Å². The van der Waals surface area contributed by atoms with Gasteiger partial charge in [0.1, 0.15) is 0 Å². The standard InChI is InChI=1S/C14H21N3O/c1-11(12-5-3-7-16-9-12)14(18)17-8-4-6-13(17)10-15-2/h3,5,7,9,11,13,15H,4,6,8,10H2,1-2H3. The zero-order valence-corrected chi connectivity index (χ0v) is 11.1. The molecule has 2 atom stereocenters. The van der Waals surface area contributed by atoms with E-state index in [9.17, 15) is 4.79 Å². The minimum atomic E-state index is -0.101. The summed E-state index contributed by atoms with van der Waals surface area (Å²) in [5, 5.41) is 3.17. The SMILES string of the molecule is CNCC1CCCN1C(=O)C(C)c1cccnc1. The lowest BCUT2D eigenvalue weighted by Crippen LogP contribution is -2.42. The third-order valence-corrected chi connectivity index (χ3v) is 3.65. The molecule has 2 rings (SSSR count). The van der Waals surface area contributed by atoms with Crippen LogP contribution in [0.4, 0.5) is 0 Å². The van der Waals surface area contributed by atoms with E-state index in [-0.39, 0.29) is 11.8 Å². The first-order valence-electron chi connectivity index (χ1n) is 6.59. The molecule has 4 nitrogen and oxygen atoms in total. The van der Waals surface area contributed by atoms with Crippen LogP contribution in [0.2, 0.25) is 0 Å². The van der Waals surface area contributed by atoms with Gasteiger partial charge in [0.15, 0.2) is 0 Å². The van der Waals surface area contributed by atoms with Gasteiger partial charge in [-0.1, -0.05) is 6.07 Å². The first kappa shape index (κ1) is 13.0. The van der Waals surface area contributed by atoms with Gasteiger partial charge < -0.3 is 10.2 Å². The van der Waals surface area contributed by atoms with Crippen LogP contribution in [-0.2, 0) is 4.79 Å². The maximum Gasteiger partial charge on any atom is 0.230 e. The Labute approximate surface area is 108 Å². The number of pyridine rings is 1. The Bertz CT molecular complexity index is 393. The molecule has 1 aliphatic rings. The lowest BCUT2D eigenvalue weighted by Gasteiger charge is -2.27. The van der Waals surface area contributed by atoms with E-state index in [2.05, 4.69) is 10.3 Å². The summed E-state index contributed by atoms with van der Waals surface area (Å²) in [6.07, 6.45) is 5.73. The molecule has 2 unspecified atom stereocenters. The molecule has 1 aromatic heterocycles. The number of hydrogen-bond donors (Lipinski definition) is 1. The normalized spacial score (nSPS) is 21.0. The number of nitrogens with one attached hydrogen (secondary N) is 1. The van der Waals surface area contributed by atoms with E-state index in [0.29, 0.717) is 6.04 Å². The Morgan fingerprint density at radius 3 is 3.17 bits per heavy atom. The number of aromatic nitrogens is 1. The van der Waals surface area contributed by atoms with Crippen molar-refractivity contribution >= 4 is 5.91 Å². The average Bonchev–Trinajstić information content (AvgIpc) is 2.87. The van der Waals surface area contributed by atoms with Crippen LogP contribution in [-0.4, -0.2) is 42.0 Å². The van der Waals surface area contributed by atoms with E-state index in [1.165, 1.54) is 0 Å². The fraction of sp³-hybridized carbons (Fsp3) is 0.571. The summed E-state index contributed by atoms with van der Waals surface area (Å²) in [4.78, 5) is 18.6. The number of carbonyl (C=O) groups excluding carboxylic acids is 1. The van der Waals surface area contributed by atoms with E-state index in [1.807, 2.05) is 31.0 Å². The summed E-state index contributed by atoms with van der Waals surface area (Å²) in [5.74, 6) is 0.122. The predicted octanol–water partition coefficient (Wildman–Crippen LogP) is 1.40. The second-order valence-corrected chi connectivity index (χ2v) is 4.89. The highest BCUT2D eigenvalue weighted by atomic mass is 16.2. The van der Waals surface area contributed by atoms with Crippen LogP contribution in [0.25, 0.3) is 0 Å². The van der Waals surface area contributed by atoms with Crippen molar-refractivity contribution in [2.24, 2.45) is 0 Å². The number of carbonyl (C=O) groups is 1. The molecule has 0 radical (unpaired) electrons. The molecule has 0 spiro atoms. The van der Waals surface area contributed by atoms with E-state index in [4.69, 9.17) is 0 Å².